The van der Waals surface area contributed by atoms with E-state index in [0.29, 0.717) is 41.2 Å². The van der Waals surface area contributed by atoms with E-state index in [-0.39, 0.29) is 5.91 Å². The number of nitrogens with zero attached hydrogens (tertiary/aromatic N) is 3. The molecule has 0 radical (unpaired) electrons. The number of amides is 1. The number of likely N-dealkylation sites (N-methyl/N-ethyl adjacent to an activating group) is 1. The van der Waals surface area contributed by atoms with E-state index in [1.165, 1.54) is 18.4 Å². The molecule has 8 heteroatoms. The molecule has 0 aliphatic carbocycles. The van der Waals surface area contributed by atoms with Gasteiger partial charge in [-0.25, -0.2) is 4.98 Å². The quantitative estimate of drug-likeness (QED) is 0.521. The van der Waals surface area contributed by atoms with Crippen molar-refractivity contribution in [3.05, 3.63) is 47.0 Å². The van der Waals surface area contributed by atoms with Crippen molar-refractivity contribution in [1.82, 2.24) is 9.88 Å². The van der Waals surface area contributed by atoms with Crippen LogP contribution in [0.1, 0.15) is 17.3 Å². The van der Waals surface area contributed by atoms with Crippen LogP contribution in [-0.4, -0.2) is 56.7 Å². The molecule has 0 N–H and O–H groups in total. The maximum atomic E-state index is 13.4. The predicted molar refractivity (Wildman–Crippen MR) is 119 cm³/mol. The minimum Gasteiger partial charge on any atom is -0.496 e. The molecule has 0 saturated carbocycles. The highest BCUT2D eigenvalue weighted by Crippen LogP contribution is 2.33. The van der Waals surface area contributed by atoms with E-state index in [0.717, 1.165) is 16.0 Å². The maximum Gasteiger partial charge on any atom is 0.263 e. The lowest BCUT2D eigenvalue weighted by atomic mass is 10.1. The van der Waals surface area contributed by atoms with E-state index in [1.807, 2.05) is 44.1 Å². The molecular weight excluding hydrogens is 410 g/mol. The first-order chi connectivity index (χ1) is 13.9. The Labute approximate surface area is 179 Å². The second kappa shape index (κ2) is 9.43. The number of carbonyl (C=O) groups is 1. The summed E-state index contributed by atoms with van der Waals surface area (Å²) in [5, 5.41) is 1.11. The zero-order valence-corrected chi connectivity index (χ0v) is 18.5. The largest absolute Gasteiger partial charge is 0.496 e. The number of halogens is 1. The van der Waals surface area contributed by atoms with Gasteiger partial charge in [-0.3, -0.25) is 9.69 Å². The average Bonchev–Trinajstić information content (AvgIpc) is 3.11. The first kappa shape index (κ1) is 21.4. The predicted octanol–water partition coefficient (Wildman–Crippen LogP) is 4.57. The molecule has 1 aromatic heterocycles. The van der Waals surface area contributed by atoms with Gasteiger partial charge < -0.3 is 14.4 Å². The summed E-state index contributed by atoms with van der Waals surface area (Å²) in [5.41, 5.74) is 1.24. The summed E-state index contributed by atoms with van der Waals surface area (Å²) >= 11 is 7.61. The third-order valence-corrected chi connectivity index (χ3v) is 5.57. The molecule has 0 spiro atoms. The van der Waals surface area contributed by atoms with Crippen molar-refractivity contribution in [3.8, 4) is 11.5 Å². The molecule has 0 aliphatic rings. The molecule has 3 aromatic rings. The summed E-state index contributed by atoms with van der Waals surface area (Å²) in [6.07, 6.45) is 0. The number of anilines is 1. The van der Waals surface area contributed by atoms with Crippen LogP contribution >= 0.6 is 22.9 Å². The molecule has 1 heterocycles. The van der Waals surface area contributed by atoms with Gasteiger partial charge in [0.25, 0.3) is 5.91 Å². The van der Waals surface area contributed by atoms with Crippen molar-refractivity contribution in [1.29, 1.82) is 0 Å². The molecule has 0 atom stereocenters. The fourth-order valence-corrected chi connectivity index (χ4v) is 4.03. The number of hydrogen-bond donors (Lipinski definition) is 0. The zero-order chi connectivity index (χ0) is 21.0. The van der Waals surface area contributed by atoms with Gasteiger partial charge in [0.1, 0.15) is 11.5 Å². The normalized spacial score (nSPS) is 11.1. The van der Waals surface area contributed by atoms with E-state index < -0.39 is 0 Å². The number of ether oxygens (including phenoxy) is 2. The minimum absolute atomic E-state index is 0.199. The van der Waals surface area contributed by atoms with Crippen LogP contribution in [0.5, 0.6) is 11.5 Å². The minimum atomic E-state index is -0.199. The van der Waals surface area contributed by atoms with E-state index in [1.54, 1.807) is 23.1 Å². The number of rotatable bonds is 8. The SMILES string of the molecule is CCOc1ccc2nc(N(CCN(C)C)C(=O)c3cc(Cl)ccc3OC)sc2c1. The van der Waals surface area contributed by atoms with Crippen LogP contribution in [-0.2, 0) is 0 Å². The van der Waals surface area contributed by atoms with Gasteiger partial charge in [-0.15, -0.1) is 0 Å². The summed E-state index contributed by atoms with van der Waals surface area (Å²) in [4.78, 5) is 21.8. The molecule has 2 aromatic carbocycles. The van der Waals surface area contributed by atoms with Crippen molar-refractivity contribution in [2.45, 2.75) is 6.92 Å². The molecule has 0 saturated heterocycles. The molecule has 6 nitrogen and oxygen atoms in total. The Morgan fingerprint density at radius 2 is 1.97 bits per heavy atom. The van der Waals surface area contributed by atoms with Gasteiger partial charge >= 0.3 is 0 Å². The Hall–Kier alpha value is -2.35. The summed E-state index contributed by atoms with van der Waals surface area (Å²) in [6.45, 7) is 3.72. The van der Waals surface area contributed by atoms with Crippen LogP contribution in [0.15, 0.2) is 36.4 Å². The van der Waals surface area contributed by atoms with Gasteiger partial charge in [-0.1, -0.05) is 22.9 Å². The fraction of sp³-hybridized carbons (Fsp3) is 0.333. The van der Waals surface area contributed by atoms with Crippen LogP contribution in [0, 0.1) is 0 Å². The molecule has 0 aliphatic heterocycles. The lowest BCUT2D eigenvalue weighted by molar-refractivity contribution is 0.0982. The van der Waals surface area contributed by atoms with Crippen LogP contribution < -0.4 is 14.4 Å². The monoisotopic (exact) mass is 433 g/mol. The Morgan fingerprint density at radius 3 is 2.66 bits per heavy atom. The molecule has 154 valence electrons. The molecule has 29 heavy (non-hydrogen) atoms. The summed E-state index contributed by atoms with van der Waals surface area (Å²) in [7, 11) is 5.47. The number of carbonyl (C=O) groups excluding carboxylic acids is 1. The number of aromatic nitrogens is 1. The van der Waals surface area contributed by atoms with Gasteiger partial charge in [0.2, 0.25) is 0 Å². The van der Waals surface area contributed by atoms with Gasteiger partial charge in [0.05, 0.1) is 29.5 Å². The van der Waals surface area contributed by atoms with E-state index in [9.17, 15) is 4.79 Å². The highest BCUT2D eigenvalue weighted by atomic mass is 35.5. The van der Waals surface area contributed by atoms with Gasteiger partial charge in [0, 0.05) is 18.1 Å². The molecular formula is C21H24ClN3O3S. The number of benzene rings is 2. The van der Waals surface area contributed by atoms with E-state index >= 15 is 0 Å². The lowest BCUT2D eigenvalue weighted by Crippen LogP contribution is -2.37. The second-order valence-corrected chi connectivity index (χ2v) is 8.11. The van der Waals surface area contributed by atoms with E-state index in [2.05, 4.69) is 0 Å². The van der Waals surface area contributed by atoms with Crippen molar-refractivity contribution in [3.63, 3.8) is 0 Å². The van der Waals surface area contributed by atoms with Crippen molar-refractivity contribution in [2.24, 2.45) is 0 Å². The van der Waals surface area contributed by atoms with Gasteiger partial charge in [-0.05, 0) is 57.4 Å². The fourth-order valence-electron chi connectivity index (χ4n) is 2.84. The van der Waals surface area contributed by atoms with Crippen molar-refractivity contribution >= 4 is 44.2 Å². The number of methoxy groups -OCH3 is 1. The third-order valence-electron chi connectivity index (χ3n) is 4.30. The number of hydrogen-bond acceptors (Lipinski definition) is 6. The van der Waals surface area contributed by atoms with Crippen LogP contribution in [0.2, 0.25) is 5.02 Å². The van der Waals surface area contributed by atoms with Crippen LogP contribution in [0.25, 0.3) is 10.2 Å². The second-order valence-electron chi connectivity index (χ2n) is 6.66. The lowest BCUT2D eigenvalue weighted by Gasteiger charge is -2.23. The average molecular weight is 434 g/mol. The Kier molecular flexibility index (Phi) is 6.95. The highest BCUT2D eigenvalue weighted by Gasteiger charge is 2.24. The molecule has 0 unspecified atom stereocenters. The Balaban J connectivity index is 2.02. The summed E-state index contributed by atoms with van der Waals surface area (Å²) < 4.78 is 11.9. The van der Waals surface area contributed by atoms with Crippen LogP contribution in [0.4, 0.5) is 5.13 Å². The first-order valence-corrected chi connectivity index (χ1v) is 10.5. The Morgan fingerprint density at radius 1 is 1.17 bits per heavy atom. The Bertz CT molecular complexity index is 1010. The standard InChI is InChI=1S/C21H24ClN3O3S/c1-5-28-15-7-8-17-19(13-15)29-21(23-17)25(11-10-24(2)3)20(26)16-12-14(22)6-9-18(16)27-4/h6-9,12-13H,5,10-11H2,1-4H3. The highest BCUT2D eigenvalue weighted by molar-refractivity contribution is 7.22. The third kappa shape index (κ3) is 4.98. The van der Waals surface area contributed by atoms with Crippen LogP contribution in [0.3, 0.4) is 0 Å². The topological polar surface area (TPSA) is 54.9 Å². The van der Waals surface area contributed by atoms with Gasteiger partial charge in [0.15, 0.2) is 5.13 Å². The first-order valence-electron chi connectivity index (χ1n) is 9.26. The molecule has 1 amide bonds. The number of thiazole rings is 1. The number of fused-ring (bicyclic) bond motifs is 1. The van der Waals surface area contributed by atoms with Crippen molar-refractivity contribution < 1.29 is 14.3 Å². The smallest absolute Gasteiger partial charge is 0.263 e. The maximum absolute atomic E-state index is 13.4. The van der Waals surface area contributed by atoms with Gasteiger partial charge in [-0.2, -0.15) is 0 Å². The summed E-state index contributed by atoms with van der Waals surface area (Å²) in [5.74, 6) is 1.07. The molecule has 3 rings (SSSR count). The zero-order valence-electron chi connectivity index (χ0n) is 16.9. The van der Waals surface area contributed by atoms with Crippen molar-refractivity contribution in [2.75, 3.05) is 45.8 Å². The summed E-state index contributed by atoms with van der Waals surface area (Å²) in [6, 6.07) is 10.8. The molecule has 0 fully saturated rings. The molecule has 0 bridgehead atoms. The van der Waals surface area contributed by atoms with E-state index in [4.69, 9.17) is 26.1 Å².